The van der Waals surface area contributed by atoms with E-state index in [1.165, 1.54) is 5.56 Å². The number of rotatable bonds is 2. The van der Waals surface area contributed by atoms with E-state index >= 15 is 0 Å². The van der Waals surface area contributed by atoms with E-state index in [0.29, 0.717) is 5.92 Å². The quantitative estimate of drug-likeness (QED) is 0.742. The second kappa shape index (κ2) is 4.65. The third kappa shape index (κ3) is 2.76. The summed E-state index contributed by atoms with van der Waals surface area (Å²) < 4.78 is 0. The van der Waals surface area contributed by atoms with Crippen LogP contribution in [0.5, 0.6) is 0 Å². The molecule has 0 saturated carbocycles. The van der Waals surface area contributed by atoms with Gasteiger partial charge in [-0.15, -0.1) is 0 Å². The number of nitrogens with one attached hydrogen (secondary N) is 2. The maximum absolute atomic E-state index is 11.0. The highest BCUT2D eigenvalue weighted by molar-refractivity contribution is 5.89. The van der Waals surface area contributed by atoms with Crippen LogP contribution < -0.4 is 10.6 Å². The van der Waals surface area contributed by atoms with Crippen LogP contribution >= 0.6 is 0 Å². The molecule has 0 bridgehead atoms. The average molecular weight is 192 g/mol. The first-order valence-corrected chi connectivity index (χ1v) is 4.72. The fraction of sp³-hybridized carbons (Fsp3) is 0.364. The van der Waals surface area contributed by atoms with Crippen molar-refractivity contribution in [1.29, 1.82) is 0 Å². The molecule has 0 aliphatic carbocycles. The van der Waals surface area contributed by atoms with Crippen LogP contribution in [0.2, 0.25) is 0 Å². The second-order valence-electron chi connectivity index (χ2n) is 3.48. The van der Waals surface area contributed by atoms with Crippen LogP contribution in [-0.4, -0.2) is 13.1 Å². The van der Waals surface area contributed by atoms with Crippen LogP contribution in [0, 0.1) is 0 Å². The predicted octanol–water partition coefficient (Wildman–Crippen LogP) is 2.56. The van der Waals surface area contributed by atoms with Crippen molar-refractivity contribution in [3.05, 3.63) is 29.8 Å². The molecule has 0 spiro atoms. The first-order valence-electron chi connectivity index (χ1n) is 4.72. The van der Waals surface area contributed by atoms with E-state index in [1.807, 2.05) is 18.2 Å². The summed E-state index contributed by atoms with van der Waals surface area (Å²) in [7, 11) is 1.60. The second-order valence-corrected chi connectivity index (χ2v) is 3.48. The molecule has 3 heteroatoms. The third-order valence-electron chi connectivity index (χ3n) is 2.04. The van der Waals surface area contributed by atoms with Gasteiger partial charge >= 0.3 is 6.03 Å². The number of benzene rings is 1. The van der Waals surface area contributed by atoms with E-state index in [-0.39, 0.29) is 6.03 Å². The van der Waals surface area contributed by atoms with Gasteiger partial charge in [-0.2, -0.15) is 0 Å². The molecule has 0 radical (unpaired) electrons. The molecule has 2 amide bonds. The normalized spacial score (nSPS) is 10.0. The van der Waals surface area contributed by atoms with Crippen molar-refractivity contribution in [3.63, 3.8) is 0 Å². The standard InChI is InChI=1S/C11H16N2O/c1-8(2)9-5-4-6-10(7-9)13-11(14)12-3/h4-8H,1-3H3,(H2,12,13,14). The number of carbonyl (C=O) groups excluding carboxylic acids is 1. The van der Waals surface area contributed by atoms with Crippen molar-refractivity contribution < 1.29 is 4.79 Å². The lowest BCUT2D eigenvalue weighted by molar-refractivity contribution is 0.254. The van der Waals surface area contributed by atoms with Crippen molar-refractivity contribution in [2.75, 3.05) is 12.4 Å². The number of carbonyl (C=O) groups is 1. The highest BCUT2D eigenvalue weighted by Crippen LogP contribution is 2.18. The van der Waals surface area contributed by atoms with Crippen LogP contribution in [0.3, 0.4) is 0 Å². The van der Waals surface area contributed by atoms with Gasteiger partial charge in [0.2, 0.25) is 0 Å². The third-order valence-corrected chi connectivity index (χ3v) is 2.04. The summed E-state index contributed by atoms with van der Waals surface area (Å²) in [4.78, 5) is 11.0. The molecule has 0 fully saturated rings. The fourth-order valence-electron chi connectivity index (χ4n) is 1.17. The summed E-state index contributed by atoms with van der Waals surface area (Å²) in [6.07, 6.45) is 0. The zero-order valence-electron chi connectivity index (χ0n) is 8.79. The Morgan fingerprint density at radius 1 is 1.36 bits per heavy atom. The van der Waals surface area contributed by atoms with Gasteiger partial charge in [0.15, 0.2) is 0 Å². The first kappa shape index (κ1) is 10.6. The largest absolute Gasteiger partial charge is 0.341 e. The average Bonchev–Trinajstić information content (AvgIpc) is 2.18. The van der Waals surface area contributed by atoms with Crippen LogP contribution in [0.4, 0.5) is 10.5 Å². The number of anilines is 1. The number of amides is 2. The van der Waals surface area contributed by atoms with Gasteiger partial charge in [0.1, 0.15) is 0 Å². The molecule has 1 rings (SSSR count). The molecule has 0 unspecified atom stereocenters. The number of hydrogen-bond acceptors (Lipinski definition) is 1. The van der Waals surface area contributed by atoms with Gasteiger partial charge in [0.25, 0.3) is 0 Å². The van der Waals surface area contributed by atoms with Crippen molar-refractivity contribution in [2.45, 2.75) is 19.8 Å². The van der Waals surface area contributed by atoms with Crippen LogP contribution in [0.15, 0.2) is 24.3 Å². The predicted molar refractivity (Wildman–Crippen MR) is 58.6 cm³/mol. The van der Waals surface area contributed by atoms with E-state index in [9.17, 15) is 4.79 Å². The molecule has 3 nitrogen and oxygen atoms in total. The molecule has 0 saturated heterocycles. The molecule has 0 atom stereocenters. The van der Waals surface area contributed by atoms with Gasteiger partial charge < -0.3 is 10.6 Å². The monoisotopic (exact) mass is 192 g/mol. The van der Waals surface area contributed by atoms with Crippen molar-refractivity contribution in [1.82, 2.24) is 5.32 Å². The molecule has 0 aromatic heterocycles. The lowest BCUT2D eigenvalue weighted by atomic mass is 10.0. The Hall–Kier alpha value is -1.51. The van der Waals surface area contributed by atoms with Crippen LogP contribution in [0.1, 0.15) is 25.3 Å². The maximum Gasteiger partial charge on any atom is 0.318 e. The number of hydrogen-bond donors (Lipinski definition) is 2. The highest BCUT2D eigenvalue weighted by atomic mass is 16.2. The van der Waals surface area contributed by atoms with Gasteiger partial charge in [-0.05, 0) is 23.6 Å². The molecule has 1 aromatic carbocycles. The maximum atomic E-state index is 11.0. The smallest absolute Gasteiger partial charge is 0.318 e. The topological polar surface area (TPSA) is 41.1 Å². The molecule has 2 N–H and O–H groups in total. The van der Waals surface area contributed by atoms with Crippen LogP contribution in [0.25, 0.3) is 0 Å². The SMILES string of the molecule is CNC(=O)Nc1cccc(C(C)C)c1. The Morgan fingerprint density at radius 3 is 2.64 bits per heavy atom. The Morgan fingerprint density at radius 2 is 2.07 bits per heavy atom. The summed E-state index contributed by atoms with van der Waals surface area (Å²) in [6.45, 7) is 4.25. The zero-order valence-corrected chi connectivity index (χ0v) is 8.79. The van der Waals surface area contributed by atoms with Crippen molar-refractivity contribution >= 4 is 11.7 Å². The summed E-state index contributed by atoms with van der Waals surface area (Å²) in [5.74, 6) is 0.474. The molecule has 0 aliphatic rings. The van der Waals surface area contributed by atoms with Gasteiger partial charge in [0.05, 0.1) is 0 Å². The molecule has 14 heavy (non-hydrogen) atoms. The van der Waals surface area contributed by atoms with Gasteiger partial charge in [0, 0.05) is 12.7 Å². The zero-order chi connectivity index (χ0) is 10.6. The minimum Gasteiger partial charge on any atom is -0.341 e. The Labute approximate surface area is 84.5 Å². The number of urea groups is 1. The minimum absolute atomic E-state index is 0.189. The lowest BCUT2D eigenvalue weighted by Crippen LogP contribution is -2.24. The fourth-order valence-corrected chi connectivity index (χ4v) is 1.17. The Kier molecular flexibility index (Phi) is 3.51. The summed E-state index contributed by atoms with van der Waals surface area (Å²) in [6, 6.07) is 7.67. The van der Waals surface area contributed by atoms with Crippen molar-refractivity contribution in [2.24, 2.45) is 0 Å². The van der Waals surface area contributed by atoms with E-state index in [0.717, 1.165) is 5.69 Å². The minimum atomic E-state index is -0.189. The van der Waals surface area contributed by atoms with Crippen LogP contribution in [-0.2, 0) is 0 Å². The molecule has 1 aromatic rings. The summed E-state index contributed by atoms with van der Waals surface area (Å²) in [5, 5.41) is 5.25. The van der Waals surface area contributed by atoms with E-state index < -0.39 is 0 Å². The lowest BCUT2D eigenvalue weighted by Gasteiger charge is -2.08. The Bertz CT molecular complexity index is 321. The van der Waals surface area contributed by atoms with Gasteiger partial charge in [-0.25, -0.2) is 4.79 Å². The van der Waals surface area contributed by atoms with E-state index in [1.54, 1.807) is 7.05 Å². The van der Waals surface area contributed by atoms with E-state index in [4.69, 9.17) is 0 Å². The highest BCUT2D eigenvalue weighted by Gasteiger charge is 2.01. The molecule has 0 heterocycles. The molecule has 76 valence electrons. The summed E-state index contributed by atoms with van der Waals surface area (Å²) >= 11 is 0. The molecular formula is C11H16N2O. The molecular weight excluding hydrogens is 176 g/mol. The van der Waals surface area contributed by atoms with Crippen molar-refractivity contribution in [3.8, 4) is 0 Å². The summed E-state index contributed by atoms with van der Waals surface area (Å²) in [5.41, 5.74) is 2.05. The molecule has 0 aliphatic heterocycles. The first-order chi connectivity index (χ1) is 6.63. The Balaban J connectivity index is 2.78. The van der Waals surface area contributed by atoms with E-state index in [2.05, 4.69) is 30.5 Å². The van der Waals surface area contributed by atoms with Gasteiger partial charge in [-0.1, -0.05) is 26.0 Å². The van der Waals surface area contributed by atoms with Gasteiger partial charge in [-0.3, -0.25) is 0 Å².